The van der Waals surface area contributed by atoms with E-state index in [-0.39, 0.29) is 0 Å². The van der Waals surface area contributed by atoms with E-state index in [1.807, 2.05) is 28.8 Å². The van der Waals surface area contributed by atoms with Gasteiger partial charge in [0.05, 0.1) is 18.5 Å². The molecule has 0 aliphatic rings. The molecule has 0 amide bonds. The summed E-state index contributed by atoms with van der Waals surface area (Å²) in [6.45, 7) is 4.18. The lowest BCUT2D eigenvalue weighted by Gasteiger charge is -2.09. The van der Waals surface area contributed by atoms with Crippen molar-refractivity contribution in [3.8, 4) is 22.9 Å². The predicted octanol–water partition coefficient (Wildman–Crippen LogP) is 4.84. The molecular weight excluding hydrogens is 372 g/mol. The van der Waals surface area contributed by atoms with E-state index in [0.29, 0.717) is 11.6 Å². The number of rotatable bonds is 6. The summed E-state index contributed by atoms with van der Waals surface area (Å²) in [5.41, 5.74) is 5.26. The fourth-order valence-electron chi connectivity index (χ4n) is 2.94. The Kier molecular flexibility index (Phi) is 5.16. The molecule has 0 fully saturated rings. The van der Waals surface area contributed by atoms with Gasteiger partial charge in [0.2, 0.25) is 5.89 Å². The third-order valence-corrected chi connectivity index (χ3v) is 5.34. The number of hydrogen-bond acceptors (Lipinski definition) is 6. The van der Waals surface area contributed by atoms with Crippen LogP contribution in [0.1, 0.15) is 16.8 Å². The molecule has 0 aliphatic heterocycles. The quantitative estimate of drug-likeness (QED) is 0.438. The number of methoxy groups -OCH3 is 1. The SMILES string of the molecule is COc1ccc(-c2nc(CSc3nncn3-c3ccc(C)cc3C)co2)cc1. The fourth-order valence-corrected chi connectivity index (χ4v) is 3.74. The third kappa shape index (κ3) is 3.80. The molecular formula is C21H20N4O2S. The van der Waals surface area contributed by atoms with Crippen LogP contribution in [-0.4, -0.2) is 26.9 Å². The van der Waals surface area contributed by atoms with Crippen LogP contribution in [-0.2, 0) is 5.75 Å². The highest BCUT2D eigenvalue weighted by Gasteiger charge is 2.12. The Morgan fingerprint density at radius 3 is 2.68 bits per heavy atom. The topological polar surface area (TPSA) is 66.0 Å². The lowest BCUT2D eigenvalue weighted by Crippen LogP contribution is -1.98. The van der Waals surface area contributed by atoms with Gasteiger partial charge in [-0.25, -0.2) is 4.98 Å². The van der Waals surface area contributed by atoms with E-state index in [0.717, 1.165) is 27.9 Å². The summed E-state index contributed by atoms with van der Waals surface area (Å²) in [6, 6.07) is 14.0. The van der Waals surface area contributed by atoms with Crippen molar-refractivity contribution in [3.05, 3.63) is 71.9 Å². The monoisotopic (exact) mass is 392 g/mol. The van der Waals surface area contributed by atoms with Gasteiger partial charge < -0.3 is 9.15 Å². The summed E-state index contributed by atoms with van der Waals surface area (Å²) in [7, 11) is 1.65. The molecule has 7 heteroatoms. The van der Waals surface area contributed by atoms with Crippen LogP contribution in [0, 0.1) is 13.8 Å². The highest BCUT2D eigenvalue weighted by Crippen LogP contribution is 2.27. The predicted molar refractivity (Wildman–Crippen MR) is 109 cm³/mol. The zero-order valence-electron chi connectivity index (χ0n) is 15.9. The second-order valence-corrected chi connectivity index (χ2v) is 7.38. The molecule has 0 saturated heterocycles. The highest BCUT2D eigenvalue weighted by atomic mass is 32.2. The highest BCUT2D eigenvalue weighted by molar-refractivity contribution is 7.98. The van der Waals surface area contributed by atoms with Crippen LogP contribution in [0.4, 0.5) is 0 Å². The molecule has 0 aliphatic carbocycles. The molecule has 28 heavy (non-hydrogen) atoms. The minimum Gasteiger partial charge on any atom is -0.497 e. The fraction of sp³-hybridized carbons (Fsp3) is 0.190. The van der Waals surface area contributed by atoms with E-state index >= 15 is 0 Å². The van der Waals surface area contributed by atoms with Crippen LogP contribution in [0.2, 0.25) is 0 Å². The summed E-state index contributed by atoms with van der Waals surface area (Å²) in [5, 5.41) is 9.16. The average Bonchev–Trinajstić information content (AvgIpc) is 3.36. The molecule has 0 N–H and O–H groups in total. The van der Waals surface area contributed by atoms with Gasteiger partial charge in [0.1, 0.15) is 18.3 Å². The average molecular weight is 392 g/mol. The van der Waals surface area contributed by atoms with E-state index in [2.05, 4.69) is 47.2 Å². The molecule has 6 nitrogen and oxygen atoms in total. The molecule has 0 atom stereocenters. The Hall–Kier alpha value is -3.06. The minimum atomic E-state index is 0.592. The number of hydrogen-bond donors (Lipinski definition) is 0. The number of ether oxygens (including phenoxy) is 1. The Balaban J connectivity index is 1.49. The lowest BCUT2D eigenvalue weighted by atomic mass is 10.1. The lowest BCUT2D eigenvalue weighted by molar-refractivity contribution is 0.415. The van der Waals surface area contributed by atoms with Gasteiger partial charge in [-0.2, -0.15) is 0 Å². The molecule has 2 aromatic heterocycles. The number of oxazole rings is 1. The number of aryl methyl sites for hydroxylation is 2. The van der Waals surface area contributed by atoms with Gasteiger partial charge in [0.25, 0.3) is 0 Å². The first kappa shape index (κ1) is 18.3. The van der Waals surface area contributed by atoms with Crippen molar-refractivity contribution < 1.29 is 9.15 Å². The molecule has 0 saturated carbocycles. The Morgan fingerprint density at radius 2 is 1.93 bits per heavy atom. The van der Waals surface area contributed by atoms with Crippen molar-refractivity contribution in [2.24, 2.45) is 0 Å². The van der Waals surface area contributed by atoms with Crippen LogP contribution >= 0.6 is 11.8 Å². The van der Waals surface area contributed by atoms with Gasteiger partial charge >= 0.3 is 0 Å². The van der Waals surface area contributed by atoms with Gasteiger partial charge in [0, 0.05) is 11.3 Å². The minimum absolute atomic E-state index is 0.592. The summed E-state index contributed by atoms with van der Waals surface area (Å²) in [5.74, 6) is 2.04. The summed E-state index contributed by atoms with van der Waals surface area (Å²) in [4.78, 5) is 4.58. The third-order valence-electron chi connectivity index (χ3n) is 4.37. The normalized spacial score (nSPS) is 11.0. The molecule has 4 aromatic rings. The largest absolute Gasteiger partial charge is 0.497 e. The van der Waals surface area contributed by atoms with Gasteiger partial charge in [-0.3, -0.25) is 4.57 Å². The van der Waals surface area contributed by atoms with E-state index in [1.54, 1.807) is 31.5 Å². The molecule has 0 spiro atoms. The molecule has 2 aromatic carbocycles. The van der Waals surface area contributed by atoms with Gasteiger partial charge in [-0.15, -0.1) is 10.2 Å². The number of nitrogens with zero attached hydrogens (tertiary/aromatic N) is 4. The van der Waals surface area contributed by atoms with Gasteiger partial charge in [-0.05, 0) is 49.7 Å². The van der Waals surface area contributed by atoms with Crippen molar-refractivity contribution in [1.82, 2.24) is 19.7 Å². The maximum atomic E-state index is 5.63. The molecule has 0 unspecified atom stereocenters. The number of thioether (sulfide) groups is 1. The van der Waals surface area contributed by atoms with E-state index < -0.39 is 0 Å². The van der Waals surface area contributed by atoms with E-state index in [4.69, 9.17) is 9.15 Å². The molecule has 142 valence electrons. The number of benzene rings is 2. The first-order valence-electron chi connectivity index (χ1n) is 8.83. The Labute approximate surface area is 167 Å². The molecule has 0 bridgehead atoms. The molecule has 0 radical (unpaired) electrons. The van der Waals surface area contributed by atoms with Crippen molar-refractivity contribution in [2.75, 3.05) is 7.11 Å². The summed E-state index contributed by atoms with van der Waals surface area (Å²) in [6.07, 6.45) is 3.43. The molecule has 2 heterocycles. The summed E-state index contributed by atoms with van der Waals surface area (Å²) >= 11 is 1.58. The Bertz CT molecular complexity index is 1090. The zero-order chi connectivity index (χ0) is 19.5. The van der Waals surface area contributed by atoms with E-state index in [1.165, 1.54) is 11.1 Å². The van der Waals surface area contributed by atoms with Crippen LogP contribution in [0.15, 0.2) is 64.6 Å². The zero-order valence-corrected chi connectivity index (χ0v) is 16.7. The van der Waals surface area contributed by atoms with Crippen LogP contribution in [0.25, 0.3) is 17.1 Å². The standard InChI is InChI=1S/C21H20N4O2S/c1-14-4-9-19(15(2)10-14)25-13-22-24-21(25)28-12-17-11-27-20(23-17)16-5-7-18(26-3)8-6-16/h4-11,13H,12H2,1-3H3. The van der Waals surface area contributed by atoms with Crippen LogP contribution in [0.3, 0.4) is 0 Å². The Morgan fingerprint density at radius 1 is 1.11 bits per heavy atom. The second-order valence-electron chi connectivity index (χ2n) is 6.43. The van der Waals surface area contributed by atoms with Crippen molar-refractivity contribution in [2.45, 2.75) is 24.8 Å². The van der Waals surface area contributed by atoms with Crippen LogP contribution < -0.4 is 4.74 Å². The van der Waals surface area contributed by atoms with Crippen molar-refractivity contribution in [1.29, 1.82) is 0 Å². The first-order chi connectivity index (χ1) is 13.6. The maximum absolute atomic E-state index is 5.63. The molecule has 4 rings (SSSR count). The number of aromatic nitrogens is 4. The first-order valence-corrected chi connectivity index (χ1v) is 9.82. The van der Waals surface area contributed by atoms with E-state index in [9.17, 15) is 0 Å². The second kappa shape index (κ2) is 7.90. The van der Waals surface area contributed by atoms with Crippen molar-refractivity contribution in [3.63, 3.8) is 0 Å². The van der Waals surface area contributed by atoms with Gasteiger partial charge in [0.15, 0.2) is 5.16 Å². The maximum Gasteiger partial charge on any atom is 0.226 e. The smallest absolute Gasteiger partial charge is 0.226 e. The van der Waals surface area contributed by atoms with Crippen LogP contribution in [0.5, 0.6) is 5.75 Å². The van der Waals surface area contributed by atoms with Crippen molar-refractivity contribution >= 4 is 11.8 Å². The summed E-state index contributed by atoms with van der Waals surface area (Å²) < 4.78 is 12.8. The van der Waals surface area contributed by atoms with Gasteiger partial charge in [-0.1, -0.05) is 29.5 Å².